The molecule has 5 aromatic rings. The van der Waals surface area contributed by atoms with E-state index in [-0.39, 0.29) is 0 Å². The molecule has 0 unspecified atom stereocenters. The summed E-state index contributed by atoms with van der Waals surface area (Å²) in [4.78, 5) is 8.38. The Kier molecular flexibility index (Phi) is 3.40. The molecule has 132 valence electrons. The van der Waals surface area contributed by atoms with Crippen LogP contribution in [0.3, 0.4) is 0 Å². The number of fused-ring (bicyclic) bond motifs is 4. The summed E-state index contributed by atoms with van der Waals surface area (Å²) in [5, 5.41) is 5.65. The molecule has 0 aliphatic carbocycles. The molecule has 0 saturated heterocycles. The van der Waals surface area contributed by atoms with Gasteiger partial charge < -0.3 is 20.8 Å². The Morgan fingerprint density at radius 2 is 1.81 bits per heavy atom. The number of nitrogens with zero attached hydrogens (tertiary/aromatic N) is 1. The first-order chi connectivity index (χ1) is 13.2. The molecule has 0 atom stereocenters. The fourth-order valence-corrected chi connectivity index (χ4v) is 3.52. The third-order valence-corrected chi connectivity index (χ3v) is 4.79. The van der Waals surface area contributed by atoms with Crippen LogP contribution in [0.15, 0.2) is 66.7 Å². The Labute approximate surface area is 155 Å². The van der Waals surface area contributed by atoms with Gasteiger partial charge in [-0.15, -0.1) is 0 Å². The lowest BCUT2D eigenvalue weighted by molar-refractivity contribution is 0.417. The molecule has 0 radical (unpaired) electrons. The maximum atomic E-state index is 5.87. The Bertz CT molecular complexity index is 1310. The quantitative estimate of drug-likeness (QED) is 0.389. The lowest BCUT2D eigenvalue weighted by atomic mass is 10.1. The van der Waals surface area contributed by atoms with Gasteiger partial charge in [0.05, 0.1) is 40.6 Å². The molecular formula is C22H18N4O. The van der Waals surface area contributed by atoms with Crippen molar-refractivity contribution in [2.45, 2.75) is 0 Å². The summed E-state index contributed by atoms with van der Waals surface area (Å²) in [6, 6.07) is 22.0. The predicted octanol–water partition coefficient (Wildman–Crippen LogP) is 5.20. The van der Waals surface area contributed by atoms with Gasteiger partial charge in [-0.3, -0.25) is 0 Å². The van der Waals surface area contributed by atoms with Crippen molar-refractivity contribution in [1.82, 2.24) is 9.97 Å². The molecule has 4 N–H and O–H groups in total. The van der Waals surface area contributed by atoms with Gasteiger partial charge in [-0.05, 0) is 36.4 Å². The van der Waals surface area contributed by atoms with E-state index in [1.165, 1.54) is 0 Å². The molecule has 2 aromatic heterocycles. The van der Waals surface area contributed by atoms with Gasteiger partial charge in [-0.1, -0.05) is 24.3 Å². The van der Waals surface area contributed by atoms with E-state index in [1.54, 1.807) is 7.11 Å². The summed E-state index contributed by atoms with van der Waals surface area (Å²) in [7, 11) is 1.64. The van der Waals surface area contributed by atoms with Crippen LogP contribution in [0.1, 0.15) is 0 Å². The second kappa shape index (κ2) is 5.92. The highest BCUT2D eigenvalue weighted by atomic mass is 16.5. The minimum Gasteiger partial charge on any atom is -0.494 e. The number of pyridine rings is 1. The summed E-state index contributed by atoms with van der Waals surface area (Å²) in [6.45, 7) is 0. The third kappa shape index (κ3) is 2.52. The maximum Gasteiger partial charge on any atom is 0.144 e. The fraction of sp³-hybridized carbons (Fsp3) is 0.0455. The zero-order valence-corrected chi connectivity index (χ0v) is 14.8. The summed E-state index contributed by atoms with van der Waals surface area (Å²) in [5.41, 5.74) is 12.3. The number of nitrogen functional groups attached to an aromatic ring is 1. The van der Waals surface area contributed by atoms with Crippen molar-refractivity contribution in [2.75, 3.05) is 18.2 Å². The van der Waals surface area contributed by atoms with Crippen LogP contribution in [-0.2, 0) is 0 Å². The second-order valence-corrected chi connectivity index (χ2v) is 6.52. The fourth-order valence-electron chi connectivity index (χ4n) is 3.52. The molecule has 0 aliphatic rings. The van der Waals surface area contributed by atoms with Crippen LogP contribution in [0.4, 0.5) is 17.1 Å². The van der Waals surface area contributed by atoms with E-state index >= 15 is 0 Å². The number of para-hydroxylation sites is 1. The molecule has 5 nitrogen and oxygen atoms in total. The minimum atomic E-state index is 0.663. The number of hydrogen-bond donors (Lipinski definition) is 3. The highest BCUT2D eigenvalue weighted by molar-refractivity contribution is 6.14. The van der Waals surface area contributed by atoms with Crippen LogP contribution in [0.5, 0.6) is 5.75 Å². The Morgan fingerprint density at radius 1 is 0.926 bits per heavy atom. The van der Waals surface area contributed by atoms with Crippen molar-refractivity contribution in [1.29, 1.82) is 0 Å². The molecule has 0 spiro atoms. The number of aromatic amines is 1. The van der Waals surface area contributed by atoms with Gasteiger partial charge in [0.1, 0.15) is 5.75 Å². The van der Waals surface area contributed by atoms with Crippen LogP contribution in [-0.4, -0.2) is 17.1 Å². The largest absolute Gasteiger partial charge is 0.494 e. The van der Waals surface area contributed by atoms with E-state index in [9.17, 15) is 0 Å². The van der Waals surface area contributed by atoms with Gasteiger partial charge >= 0.3 is 0 Å². The molecule has 5 rings (SSSR count). The number of benzene rings is 3. The van der Waals surface area contributed by atoms with E-state index < -0.39 is 0 Å². The average molecular weight is 354 g/mol. The Hall–Kier alpha value is -3.73. The zero-order chi connectivity index (χ0) is 18.4. The molecule has 0 saturated carbocycles. The Morgan fingerprint density at radius 3 is 2.70 bits per heavy atom. The molecule has 27 heavy (non-hydrogen) atoms. The number of rotatable bonds is 3. The van der Waals surface area contributed by atoms with Gasteiger partial charge in [0.2, 0.25) is 0 Å². The molecule has 0 aliphatic heterocycles. The average Bonchev–Trinajstić information content (AvgIpc) is 3.05. The molecule has 5 heteroatoms. The zero-order valence-electron chi connectivity index (χ0n) is 14.8. The molecular weight excluding hydrogens is 336 g/mol. The first-order valence-electron chi connectivity index (χ1n) is 8.74. The number of H-pyrrole nitrogens is 1. The van der Waals surface area contributed by atoms with Crippen LogP contribution in [0.25, 0.3) is 32.8 Å². The van der Waals surface area contributed by atoms with Crippen LogP contribution < -0.4 is 15.8 Å². The highest BCUT2D eigenvalue weighted by Gasteiger charge is 2.13. The van der Waals surface area contributed by atoms with E-state index in [1.807, 2.05) is 48.5 Å². The highest BCUT2D eigenvalue weighted by Crippen LogP contribution is 2.36. The first kappa shape index (κ1) is 15.5. The van der Waals surface area contributed by atoms with Crippen molar-refractivity contribution in [3.63, 3.8) is 0 Å². The van der Waals surface area contributed by atoms with Crippen molar-refractivity contribution in [3.8, 4) is 5.75 Å². The topological polar surface area (TPSA) is 76.0 Å². The van der Waals surface area contributed by atoms with Gasteiger partial charge in [-0.25, -0.2) is 4.98 Å². The number of ether oxygens (including phenoxy) is 1. The predicted molar refractivity (Wildman–Crippen MR) is 112 cm³/mol. The van der Waals surface area contributed by atoms with Crippen molar-refractivity contribution >= 4 is 49.9 Å². The lowest BCUT2D eigenvalue weighted by Crippen LogP contribution is -1.96. The van der Waals surface area contributed by atoms with Crippen LogP contribution in [0.2, 0.25) is 0 Å². The maximum absolute atomic E-state index is 5.87. The van der Waals surface area contributed by atoms with E-state index in [4.69, 9.17) is 15.5 Å². The molecule has 2 heterocycles. The first-order valence-corrected chi connectivity index (χ1v) is 8.74. The molecule has 0 bridgehead atoms. The number of nitrogens with one attached hydrogen (secondary N) is 2. The SMILES string of the molecule is COc1cc(N)ccc1Nc1cccc2[nH]c3cc4ccccc4nc3c12. The van der Waals surface area contributed by atoms with Gasteiger partial charge in [-0.2, -0.15) is 0 Å². The molecule has 3 aromatic carbocycles. The van der Waals surface area contributed by atoms with E-state index in [0.717, 1.165) is 44.2 Å². The van der Waals surface area contributed by atoms with Crippen LogP contribution >= 0.6 is 0 Å². The van der Waals surface area contributed by atoms with Gasteiger partial charge in [0.25, 0.3) is 0 Å². The number of nitrogens with two attached hydrogens (primary N) is 1. The second-order valence-electron chi connectivity index (χ2n) is 6.52. The summed E-state index contributed by atoms with van der Waals surface area (Å²) < 4.78 is 5.47. The Balaban J connectivity index is 1.74. The monoisotopic (exact) mass is 354 g/mol. The van der Waals surface area contributed by atoms with Crippen molar-refractivity contribution in [2.24, 2.45) is 0 Å². The normalized spacial score (nSPS) is 11.3. The smallest absolute Gasteiger partial charge is 0.144 e. The van der Waals surface area contributed by atoms with Crippen molar-refractivity contribution in [3.05, 3.63) is 66.7 Å². The van der Waals surface area contributed by atoms with Crippen molar-refractivity contribution < 1.29 is 4.74 Å². The van der Waals surface area contributed by atoms with Gasteiger partial charge in [0, 0.05) is 22.5 Å². The summed E-state index contributed by atoms with van der Waals surface area (Å²) in [6.07, 6.45) is 0. The third-order valence-electron chi connectivity index (χ3n) is 4.79. The van der Waals surface area contributed by atoms with Gasteiger partial charge in [0.15, 0.2) is 0 Å². The van der Waals surface area contributed by atoms with Crippen LogP contribution in [0, 0.1) is 0 Å². The number of anilines is 3. The lowest BCUT2D eigenvalue weighted by Gasteiger charge is -2.13. The number of hydrogen-bond acceptors (Lipinski definition) is 4. The van der Waals surface area contributed by atoms with E-state index in [0.29, 0.717) is 11.4 Å². The van der Waals surface area contributed by atoms with E-state index in [2.05, 4.69) is 28.5 Å². The number of aromatic nitrogens is 2. The molecule has 0 amide bonds. The minimum absolute atomic E-state index is 0.663. The summed E-state index contributed by atoms with van der Waals surface area (Å²) >= 11 is 0. The number of methoxy groups -OCH3 is 1. The standard InChI is InChI=1S/C22H18N4O/c1-27-20-12-14(23)9-10-16(20)24-17-7-4-8-18-21(17)22-19(25-18)11-13-5-2-3-6-15(13)26-22/h2-12,24-25H,23H2,1H3. The molecule has 0 fully saturated rings. The summed E-state index contributed by atoms with van der Waals surface area (Å²) in [5.74, 6) is 0.699.